The average Bonchev–Trinajstić information content (AvgIpc) is 2.52. The van der Waals surface area contributed by atoms with Crippen LogP contribution in [0, 0.1) is 6.92 Å². The van der Waals surface area contributed by atoms with E-state index in [-0.39, 0.29) is 18.2 Å². The number of hydrogen-bond donors (Lipinski definition) is 2. The summed E-state index contributed by atoms with van der Waals surface area (Å²) in [5, 5.41) is 12.0. The van der Waals surface area contributed by atoms with Crippen LogP contribution < -0.4 is 10.9 Å². The number of aryl methyl sites for hydroxylation is 1. The summed E-state index contributed by atoms with van der Waals surface area (Å²) in [7, 11) is 0. The van der Waals surface area contributed by atoms with Gasteiger partial charge in [-0.15, -0.1) is 0 Å². The Morgan fingerprint density at radius 3 is 3.00 bits per heavy atom. The van der Waals surface area contributed by atoms with Gasteiger partial charge in [0.1, 0.15) is 17.0 Å². The predicted molar refractivity (Wildman–Crippen MR) is 89.1 cm³/mol. The van der Waals surface area contributed by atoms with Crippen molar-refractivity contribution in [3.8, 4) is 0 Å². The van der Waals surface area contributed by atoms with Gasteiger partial charge < -0.3 is 10.4 Å². The lowest BCUT2D eigenvalue weighted by molar-refractivity contribution is 0.311. The molecule has 6 nitrogen and oxygen atoms in total. The molecular weight excluding hydrogens is 280 g/mol. The van der Waals surface area contributed by atoms with Gasteiger partial charge >= 0.3 is 0 Å². The van der Waals surface area contributed by atoms with Gasteiger partial charge in [-0.25, -0.2) is 4.98 Å². The second-order valence-corrected chi connectivity index (χ2v) is 5.25. The average molecular weight is 302 g/mol. The highest BCUT2D eigenvalue weighted by Gasteiger charge is 2.12. The molecule has 0 aliphatic heterocycles. The Labute approximate surface area is 129 Å². The van der Waals surface area contributed by atoms with Gasteiger partial charge in [0.15, 0.2) is 0 Å². The van der Waals surface area contributed by atoms with Gasteiger partial charge in [0.2, 0.25) is 0 Å². The van der Waals surface area contributed by atoms with Crippen molar-refractivity contribution in [1.29, 1.82) is 0 Å². The van der Waals surface area contributed by atoms with E-state index >= 15 is 0 Å². The molecule has 2 N–H and O–H groups in total. The van der Waals surface area contributed by atoms with Gasteiger partial charge in [0.25, 0.3) is 5.56 Å². The summed E-state index contributed by atoms with van der Waals surface area (Å²) in [6.45, 7) is 6.25. The molecule has 2 aromatic rings. The van der Waals surface area contributed by atoms with Gasteiger partial charge in [-0.1, -0.05) is 13.0 Å². The lowest BCUT2D eigenvalue weighted by Crippen LogP contribution is -2.24. The molecule has 0 spiro atoms. The van der Waals surface area contributed by atoms with Gasteiger partial charge in [0, 0.05) is 25.0 Å². The third-order valence-corrected chi connectivity index (χ3v) is 3.54. The highest BCUT2D eigenvalue weighted by Crippen LogP contribution is 2.12. The van der Waals surface area contributed by atoms with Crippen molar-refractivity contribution in [2.24, 2.45) is 4.99 Å². The third-order valence-electron chi connectivity index (χ3n) is 3.54. The summed E-state index contributed by atoms with van der Waals surface area (Å²) in [4.78, 5) is 21.6. The van der Waals surface area contributed by atoms with Crippen LogP contribution in [0.4, 0.5) is 5.82 Å². The molecule has 2 rings (SSSR count). The number of nitrogens with zero attached hydrogens (tertiary/aromatic N) is 3. The third kappa shape index (κ3) is 3.33. The van der Waals surface area contributed by atoms with Crippen molar-refractivity contribution in [2.75, 3.05) is 18.5 Å². The first-order valence-corrected chi connectivity index (χ1v) is 7.48. The predicted octanol–water partition coefficient (Wildman–Crippen LogP) is 1.62. The van der Waals surface area contributed by atoms with E-state index in [0.717, 1.165) is 12.0 Å². The SMILES string of the molecule is CC[C@@H](C)N=Cc1c(NCCO)nc2c(C)cccn2c1=O. The maximum absolute atomic E-state index is 12.7. The van der Waals surface area contributed by atoms with Crippen molar-refractivity contribution >= 4 is 17.7 Å². The number of fused-ring (bicyclic) bond motifs is 1. The molecule has 0 bridgehead atoms. The molecule has 0 aliphatic rings. The highest BCUT2D eigenvalue weighted by atomic mass is 16.3. The molecular formula is C16H22N4O2. The summed E-state index contributed by atoms with van der Waals surface area (Å²) >= 11 is 0. The number of rotatable bonds is 6. The van der Waals surface area contributed by atoms with Gasteiger partial charge in [0.05, 0.1) is 6.61 Å². The van der Waals surface area contributed by atoms with E-state index < -0.39 is 0 Å². The molecule has 2 aromatic heterocycles. The van der Waals surface area contributed by atoms with Crippen molar-refractivity contribution in [2.45, 2.75) is 33.2 Å². The highest BCUT2D eigenvalue weighted by molar-refractivity contribution is 5.86. The van der Waals surface area contributed by atoms with Crippen molar-refractivity contribution in [3.05, 3.63) is 39.8 Å². The van der Waals surface area contributed by atoms with Crippen molar-refractivity contribution < 1.29 is 5.11 Å². The lowest BCUT2D eigenvalue weighted by Gasteiger charge is -2.11. The molecule has 1 atom stereocenters. The first-order chi connectivity index (χ1) is 10.6. The second-order valence-electron chi connectivity index (χ2n) is 5.25. The maximum atomic E-state index is 12.7. The van der Waals surface area contributed by atoms with Crippen LogP contribution in [0.1, 0.15) is 31.4 Å². The number of anilines is 1. The first-order valence-electron chi connectivity index (χ1n) is 7.48. The summed E-state index contributed by atoms with van der Waals surface area (Å²) in [5.41, 5.74) is 1.77. The fourth-order valence-electron chi connectivity index (χ4n) is 2.04. The molecule has 0 amide bonds. The second kappa shape index (κ2) is 7.17. The number of hydrogen-bond acceptors (Lipinski definition) is 5. The van der Waals surface area contributed by atoms with E-state index in [1.165, 1.54) is 4.40 Å². The quantitative estimate of drug-likeness (QED) is 0.795. The van der Waals surface area contributed by atoms with E-state index in [9.17, 15) is 4.79 Å². The molecule has 0 saturated heterocycles. The van der Waals surface area contributed by atoms with Crippen molar-refractivity contribution in [3.63, 3.8) is 0 Å². The summed E-state index contributed by atoms with van der Waals surface area (Å²) in [6, 6.07) is 3.87. The van der Waals surface area contributed by atoms with Crippen LogP contribution in [0.15, 0.2) is 28.1 Å². The number of aliphatic hydroxyl groups is 1. The fraction of sp³-hybridized carbons (Fsp3) is 0.438. The number of nitrogens with one attached hydrogen (secondary N) is 1. The molecule has 2 heterocycles. The van der Waals surface area contributed by atoms with E-state index in [1.807, 2.05) is 32.9 Å². The van der Waals surface area contributed by atoms with Crippen molar-refractivity contribution in [1.82, 2.24) is 9.38 Å². The molecule has 0 aliphatic carbocycles. The monoisotopic (exact) mass is 302 g/mol. The van der Waals surface area contributed by atoms with Gasteiger partial charge in [-0.3, -0.25) is 14.2 Å². The molecule has 118 valence electrons. The topological polar surface area (TPSA) is 79.0 Å². The van der Waals surface area contributed by atoms with Crippen LogP contribution in [0.5, 0.6) is 0 Å². The Kier molecular flexibility index (Phi) is 5.27. The minimum Gasteiger partial charge on any atom is -0.395 e. The summed E-state index contributed by atoms with van der Waals surface area (Å²) in [6.07, 6.45) is 4.18. The minimum absolute atomic E-state index is 0.0310. The molecule has 0 aromatic carbocycles. The Balaban J connectivity index is 2.62. The van der Waals surface area contributed by atoms with Gasteiger partial charge in [-0.05, 0) is 31.9 Å². The molecule has 0 saturated carbocycles. The molecule has 0 radical (unpaired) electrons. The number of aliphatic imine (C=N–C) groups is 1. The summed E-state index contributed by atoms with van der Waals surface area (Å²) < 4.78 is 1.53. The van der Waals surface area contributed by atoms with Crippen LogP contribution in [-0.4, -0.2) is 39.9 Å². The van der Waals surface area contributed by atoms with Crippen LogP contribution >= 0.6 is 0 Å². The van der Waals surface area contributed by atoms with E-state index in [4.69, 9.17) is 5.11 Å². The Morgan fingerprint density at radius 2 is 2.32 bits per heavy atom. The molecule has 0 unspecified atom stereocenters. The van der Waals surface area contributed by atoms with E-state index in [0.29, 0.717) is 23.6 Å². The Morgan fingerprint density at radius 1 is 1.55 bits per heavy atom. The molecule has 6 heteroatoms. The van der Waals surface area contributed by atoms with E-state index in [2.05, 4.69) is 15.3 Å². The first kappa shape index (κ1) is 16.2. The zero-order valence-corrected chi connectivity index (χ0v) is 13.2. The maximum Gasteiger partial charge on any atom is 0.268 e. The normalized spacial score (nSPS) is 12.9. The van der Waals surface area contributed by atoms with Crippen LogP contribution in [0.25, 0.3) is 5.65 Å². The zero-order valence-electron chi connectivity index (χ0n) is 13.2. The van der Waals surface area contributed by atoms with Gasteiger partial charge in [-0.2, -0.15) is 0 Å². The zero-order chi connectivity index (χ0) is 16.1. The number of aromatic nitrogens is 2. The Hall–Kier alpha value is -2.21. The van der Waals surface area contributed by atoms with Crippen LogP contribution in [-0.2, 0) is 0 Å². The standard InChI is InChI=1S/C16H22N4O2/c1-4-12(3)18-10-13-14(17-7-9-21)19-15-11(2)6-5-8-20(15)16(13)22/h5-6,8,10,12,17,21H,4,7,9H2,1-3H3/t12-/m1/s1. The summed E-state index contributed by atoms with van der Waals surface area (Å²) in [5.74, 6) is 0.459. The smallest absolute Gasteiger partial charge is 0.268 e. The number of aliphatic hydroxyl groups excluding tert-OH is 1. The molecule has 22 heavy (non-hydrogen) atoms. The fourth-order valence-corrected chi connectivity index (χ4v) is 2.04. The van der Waals surface area contributed by atoms with Crippen LogP contribution in [0.2, 0.25) is 0 Å². The largest absolute Gasteiger partial charge is 0.395 e. The molecule has 0 fully saturated rings. The Bertz CT molecular complexity index is 737. The van der Waals surface area contributed by atoms with Crippen LogP contribution in [0.3, 0.4) is 0 Å². The lowest BCUT2D eigenvalue weighted by atomic mass is 10.2. The van der Waals surface area contributed by atoms with E-state index in [1.54, 1.807) is 12.4 Å². The minimum atomic E-state index is -0.166. The number of pyridine rings is 1.